The zero-order valence-electron chi connectivity index (χ0n) is 7.77. The van der Waals surface area contributed by atoms with Gasteiger partial charge in [-0.3, -0.25) is 5.32 Å². The lowest BCUT2D eigenvalue weighted by Crippen LogP contribution is -2.74. The molecule has 0 aromatic carbocycles. The minimum absolute atomic E-state index is 0.0351. The summed E-state index contributed by atoms with van der Waals surface area (Å²) in [6, 6.07) is 0. The highest BCUT2D eigenvalue weighted by molar-refractivity contribution is 5.01. The number of hydrogen-bond acceptors (Lipinski definition) is 4. The van der Waals surface area contributed by atoms with Gasteiger partial charge in [-0.15, -0.1) is 0 Å². The molecule has 1 unspecified atom stereocenters. The highest BCUT2D eigenvalue weighted by Crippen LogP contribution is 2.35. The van der Waals surface area contributed by atoms with Gasteiger partial charge in [0.1, 0.15) is 5.72 Å². The first kappa shape index (κ1) is 8.17. The quantitative estimate of drug-likeness (QED) is 0.530. The lowest BCUT2D eigenvalue weighted by Gasteiger charge is -2.51. The van der Waals surface area contributed by atoms with Gasteiger partial charge in [0.05, 0.1) is 12.2 Å². The Morgan fingerprint density at radius 3 is 2.69 bits per heavy atom. The molecule has 3 aliphatic rings. The van der Waals surface area contributed by atoms with Gasteiger partial charge in [0.25, 0.3) is 0 Å². The molecule has 0 radical (unpaired) electrons. The van der Waals surface area contributed by atoms with Gasteiger partial charge in [-0.2, -0.15) is 0 Å². The lowest BCUT2D eigenvalue weighted by atomic mass is 9.93. The van der Waals surface area contributed by atoms with Crippen LogP contribution in [0.4, 0.5) is 0 Å². The summed E-state index contributed by atoms with van der Waals surface area (Å²) in [4.78, 5) is 0. The smallest absolute Gasteiger partial charge is 0.145 e. The monoisotopic (exact) mass is 184 g/mol. The normalized spacial score (nSPS) is 42.5. The zero-order valence-corrected chi connectivity index (χ0v) is 7.77. The Balaban J connectivity index is 1.76. The minimum atomic E-state index is -0.0635. The summed E-state index contributed by atoms with van der Waals surface area (Å²) < 4.78 is 11.6. The van der Waals surface area contributed by atoms with Gasteiger partial charge in [-0.25, -0.2) is 0 Å². The second kappa shape index (κ2) is 2.67. The van der Waals surface area contributed by atoms with E-state index in [1.165, 1.54) is 0 Å². The third-order valence-corrected chi connectivity index (χ3v) is 3.33. The molecule has 0 aromatic rings. The predicted molar refractivity (Wildman–Crippen MR) is 47.5 cm³/mol. The van der Waals surface area contributed by atoms with E-state index < -0.39 is 0 Å². The zero-order chi connectivity index (χ0) is 8.78. The molecule has 4 heteroatoms. The molecule has 0 saturated carbocycles. The van der Waals surface area contributed by atoms with Crippen molar-refractivity contribution in [2.24, 2.45) is 0 Å². The molecule has 74 valence electrons. The molecule has 0 aromatic heterocycles. The molecule has 2 N–H and O–H groups in total. The maximum atomic E-state index is 6.16. The van der Waals surface area contributed by atoms with E-state index in [1.54, 1.807) is 0 Å². The molecule has 3 saturated heterocycles. The second-order valence-corrected chi connectivity index (χ2v) is 4.36. The fraction of sp³-hybridized carbons (Fsp3) is 1.00. The van der Waals surface area contributed by atoms with Crippen LogP contribution >= 0.6 is 0 Å². The van der Waals surface area contributed by atoms with Crippen molar-refractivity contribution in [2.75, 3.05) is 32.8 Å². The maximum Gasteiger partial charge on any atom is 0.145 e. The van der Waals surface area contributed by atoms with Gasteiger partial charge in [0.15, 0.2) is 0 Å². The second-order valence-electron chi connectivity index (χ2n) is 4.36. The number of ether oxygens (including phenoxy) is 2. The topological polar surface area (TPSA) is 42.5 Å². The van der Waals surface area contributed by atoms with Gasteiger partial charge in [0.2, 0.25) is 0 Å². The molecule has 2 spiro atoms. The van der Waals surface area contributed by atoms with E-state index in [9.17, 15) is 0 Å². The van der Waals surface area contributed by atoms with Crippen molar-refractivity contribution in [3.05, 3.63) is 0 Å². The van der Waals surface area contributed by atoms with Crippen LogP contribution in [-0.4, -0.2) is 44.2 Å². The van der Waals surface area contributed by atoms with Crippen LogP contribution in [-0.2, 0) is 9.47 Å². The summed E-state index contributed by atoms with van der Waals surface area (Å²) in [7, 11) is 0. The first-order chi connectivity index (χ1) is 6.33. The highest BCUT2D eigenvalue weighted by Gasteiger charge is 2.50. The first-order valence-electron chi connectivity index (χ1n) is 5.06. The van der Waals surface area contributed by atoms with Crippen LogP contribution in [0.5, 0.6) is 0 Å². The Morgan fingerprint density at radius 2 is 2.08 bits per heavy atom. The van der Waals surface area contributed by atoms with Crippen molar-refractivity contribution in [2.45, 2.75) is 24.2 Å². The summed E-state index contributed by atoms with van der Waals surface area (Å²) in [6.07, 6.45) is 2.16. The van der Waals surface area contributed by atoms with E-state index in [0.717, 1.165) is 45.7 Å². The average Bonchev–Trinajstić information content (AvgIpc) is 2.51. The van der Waals surface area contributed by atoms with Gasteiger partial charge < -0.3 is 14.8 Å². The van der Waals surface area contributed by atoms with E-state index in [1.807, 2.05) is 0 Å². The molecule has 3 rings (SSSR count). The molecule has 0 amide bonds. The van der Waals surface area contributed by atoms with Crippen molar-refractivity contribution in [3.8, 4) is 0 Å². The van der Waals surface area contributed by atoms with E-state index in [0.29, 0.717) is 0 Å². The SMILES string of the molecule is C1CC2(CCOC2)OC2(CNC2)N1. The molecule has 0 bridgehead atoms. The lowest BCUT2D eigenvalue weighted by molar-refractivity contribution is -0.218. The molecule has 3 fully saturated rings. The van der Waals surface area contributed by atoms with Gasteiger partial charge in [-0.1, -0.05) is 0 Å². The van der Waals surface area contributed by atoms with Crippen LogP contribution in [0.2, 0.25) is 0 Å². The summed E-state index contributed by atoms with van der Waals surface area (Å²) >= 11 is 0. The fourth-order valence-corrected chi connectivity index (χ4v) is 2.44. The molecule has 1 atom stereocenters. The Labute approximate surface area is 78.0 Å². The Hall–Kier alpha value is -0.160. The van der Waals surface area contributed by atoms with Crippen LogP contribution in [0.25, 0.3) is 0 Å². The van der Waals surface area contributed by atoms with Crippen molar-refractivity contribution in [1.29, 1.82) is 0 Å². The summed E-state index contributed by atoms with van der Waals surface area (Å²) in [6.45, 7) is 4.59. The van der Waals surface area contributed by atoms with Gasteiger partial charge in [-0.05, 0) is 6.42 Å². The van der Waals surface area contributed by atoms with E-state index in [2.05, 4.69) is 10.6 Å². The van der Waals surface area contributed by atoms with Crippen LogP contribution < -0.4 is 10.6 Å². The molecule has 3 aliphatic heterocycles. The molecule has 4 nitrogen and oxygen atoms in total. The van der Waals surface area contributed by atoms with Crippen molar-refractivity contribution in [3.63, 3.8) is 0 Å². The van der Waals surface area contributed by atoms with Crippen LogP contribution in [0.15, 0.2) is 0 Å². The van der Waals surface area contributed by atoms with Crippen LogP contribution in [0.3, 0.4) is 0 Å². The van der Waals surface area contributed by atoms with Gasteiger partial charge >= 0.3 is 0 Å². The van der Waals surface area contributed by atoms with Crippen LogP contribution in [0, 0.1) is 0 Å². The van der Waals surface area contributed by atoms with Crippen molar-refractivity contribution >= 4 is 0 Å². The standard InChI is InChI=1S/C9H16N2O2/c1-3-11-9(5-10-6-9)13-8(1)2-4-12-7-8/h10-11H,1-7H2. The molecule has 0 aliphatic carbocycles. The van der Waals surface area contributed by atoms with Crippen molar-refractivity contribution in [1.82, 2.24) is 10.6 Å². The minimum Gasteiger partial charge on any atom is -0.378 e. The third-order valence-electron chi connectivity index (χ3n) is 3.33. The summed E-state index contributed by atoms with van der Waals surface area (Å²) in [5, 5.41) is 6.69. The molecular weight excluding hydrogens is 168 g/mol. The van der Waals surface area contributed by atoms with E-state index in [4.69, 9.17) is 9.47 Å². The van der Waals surface area contributed by atoms with Gasteiger partial charge in [0, 0.05) is 32.7 Å². The Kier molecular flexibility index (Phi) is 1.68. The average molecular weight is 184 g/mol. The highest BCUT2D eigenvalue weighted by atomic mass is 16.6. The maximum absolute atomic E-state index is 6.16. The fourth-order valence-electron chi connectivity index (χ4n) is 2.44. The molecule has 3 heterocycles. The van der Waals surface area contributed by atoms with Crippen LogP contribution in [0.1, 0.15) is 12.8 Å². The summed E-state index contributed by atoms with van der Waals surface area (Å²) in [5.74, 6) is 0. The van der Waals surface area contributed by atoms with E-state index >= 15 is 0 Å². The molecule has 13 heavy (non-hydrogen) atoms. The number of rotatable bonds is 0. The number of hydrogen-bond donors (Lipinski definition) is 2. The largest absolute Gasteiger partial charge is 0.378 e. The number of nitrogens with one attached hydrogen (secondary N) is 2. The van der Waals surface area contributed by atoms with E-state index in [-0.39, 0.29) is 11.3 Å². The van der Waals surface area contributed by atoms with Crippen molar-refractivity contribution < 1.29 is 9.47 Å². The Morgan fingerprint density at radius 1 is 1.15 bits per heavy atom. The molecular formula is C9H16N2O2. The third kappa shape index (κ3) is 1.21. The summed E-state index contributed by atoms with van der Waals surface area (Å²) in [5.41, 5.74) is -0.0285. The Bertz CT molecular complexity index is 210. The first-order valence-corrected chi connectivity index (χ1v) is 5.06. The predicted octanol–water partition coefficient (Wildman–Crippen LogP) is -0.545.